The minimum absolute atomic E-state index is 0.0186. The highest BCUT2D eigenvalue weighted by Crippen LogP contribution is 2.36. The van der Waals surface area contributed by atoms with E-state index in [0.717, 1.165) is 24.9 Å². The number of fused-ring (bicyclic) bond motifs is 1. The van der Waals surface area contributed by atoms with Gasteiger partial charge in [0.25, 0.3) is 0 Å². The summed E-state index contributed by atoms with van der Waals surface area (Å²) >= 11 is 0. The molecular formula is C19H22FN3O2. The SMILES string of the molecule is O=C(N[C@@H]1CCc2cncn2C1)C1(c2cccc(F)c2)CCOCC1. The van der Waals surface area contributed by atoms with Crippen LogP contribution in [0.15, 0.2) is 36.8 Å². The summed E-state index contributed by atoms with van der Waals surface area (Å²) in [5.41, 5.74) is 1.24. The van der Waals surface area contributed by atoms with E-state index in [1.165, 1.54) is 17.8 Å². The molecule has 1 fully saturated rings. The van der Waals surface area contributed by atoms with Crippen LogP contribution in [0.3, 0.4) is 0 Å². The number of aromatic nitrogens is 2. The lowest BCUT2D eigenvalue weighted by Gasteiger charge is -2.38. The highest BCUT2D eigenvalue weighted by molar-refractivity contribution is 5.88. The van der Waals surface area contributed by atoms with Crippen LogP contribution in [0.2, 0.25) is 0 Å². The molecule has 1 aromatic carbocycles. The topological polar surface area (TPSA) is 56.2 Å². The van der Waals surface area contributed by atoms with E-state index < -0.39 is 5.41 Å². The lowest BCUT2D eigenvalue weighted by molar-refractivity contribution is -0.131. The summed E-state index contributed by atoms with van der Waals surface area (Å²) in [5.74, 6) is -0.327. The van der Waals surface area contributed by atoms with E-state index in [1.54, 1.807) is 6.07 Å². The van der Waals surface area contributed by atoms with Crippen LogP contribution in [0, 0.1) is 5.82 Å². The molecule has 0 bridgehead atoms. The summed E-state index contributed by atoms with van der Waals surface area (Å²) in [4.78, 5) is 17.4. The van der Waals surface area contributed by atoms with E-state index in [4.69, 9.17) is 4.74 Å². The average Bonchev–Trinajstić information content (AvgIpc) is 3.10. The van der Waals surface area contributed by atoms with Gasteiger partial charge in [-0.1, -0.05) is 12.1 Å². The van der Waals surface area contributed by atoms with Crippen LogP contribution >= 0.6 is 0 Å². The van der Waals surface area contributed by atoms with Crippen molar-refractivity contribution < 1.29 is 13.9 Å². The molecule has 1 N–H and O–H groups in total. The maximum atomic E-state index is 13.8. The second-order valence-corrected chi connectivity index (χ2v) is 6.95. The zero-order valence-electron chi connectivity index (χ0n) is 14.1. The first-order valence-electron chi connectivity index (χ1n) is 8.81. The van der Waals surface area contributed by atoms with E-state index in [-0.39, 0.29) is 17.8 Å². The van der Waals surface area contributed by atoms with Crippen molar-refractivity contribution in [2.24, 2.45) is 0 Å². The van der Waals surface area contributed by atoms with Crippen LogP contribution in [0.25, 0.3) is 0 Å². The molecule has 1 atom stereocenters. The van der Waals surface area contributed by atoms with Gasteiger partial charge in [0.2, 0.25) is 5.91 Å². The Labute approximate surface area is 146 Å². The first kappa shape index (κ1) is 16.3. The van der Waals surface area contributed by atoms with Crippen LogP contribution in [0.4, 0.5) is 4.39 Å². The smallest absolute Gasteiger partial charge is 0.231 e. The average molecular weight is 343 g/mol. The van der Waals surface area contributed by atoms with Gasteiger partial charge in [0.1, 0.15) is 5.82 Å². The Morgan fingerprint density at radius 2 is 2.20 bits per heavy atom. The monoisotopic (exact) mass is 343 g/mol. The fourth-order valence-electron chi connectivity index (χ4n) is 3.97. The van der Waals surface area contributed by atoms with Gasteiger partial charge >= 0.3 is 0 Å². The van der Waals surface area contributed by atoms with Gasteiger partial charge in [-0.2, -0.15) is 0 Å². The summed E-state index contributed by atoms with van der Waals surface area (Å²) in [6.07, 6.45) is 6.64. The molecule has 0 unspecified atom stereocenters. The molecule has 0 saturated carbocycles. The zero-order chi connectivity index (χ0) is 17.3. The number of ether oxygens (including phenoxy) is 1. The minimum atomic E-state index is -0.713. The highest BCUT2D eigenvalue weighted by atomic mass is 19.1. The summed E-state index contributed by atoms with van der Waals surface area (Å²) < 4.78 is 21.3. The van der Waals surface area contributed by atoms with Crippen LogP contribution in [-0.4, -0.2) is 34.7 Å². The molecule has 6 heteroatoms. The third-order valence-electron chi connectivity index (χ3n) is 5.46. The van der Waals surface area contributed by atoms with Crippen LogP contribution in [-0.2, 0) is 27.9 Å². The van der Waals surface area contributed by atoms with E-state index in [1.807, 2.05) is 18.6 Å². The number of amides is 1. The molecule has 0 aliphatic carbocycles. The fraction of sp³-hybridized carbons (Fsp3) is 0.474. The molecule has 4 rings (SSSR count). The predicted molar refractivity (Wildman–Crippen MR) is 90.6 cm³/mol. The number of imidazole rings is 1. The van der Waals surface area contributed by atoms with E-state index in [9.17, 15) is 9.18 Å². The Morgan fingerprint density at radius 3 is 3.00 bits per heavy atom. The van der Waals surface area contributed by atoms with Crippen LogP contribution in [0.5, 0.6) is 0 Å². The van der Waals surface area contributed by atoms with Crippen LogP contribution in [0.1, 0.15) is 30.5 Å². The Bertz CT molecular complexity index is 768. The Morgan fingerprint density at radius 1 is 1.36 bits per heavy atom. The van der Waals surface area contributed by atoms with Gasteiger partial charge in [0.15, 0.2) is 0 Å². The molecule has 0 radical (unpaired) electrons. The molecule has 132 valence electrons. The van der Waals surface area contributed by atoms with Crippen molar-refractivity contribution in [3.63, 3.8) is 0 Å². The Balaban J connectivity index is 1.56. The molecule has 3 heterocycles. The van der Waals surface area contributed by atoms with E-state index in [2.05, 4.69) is 14.9 Å². The standard InChI is InChI=1S/C19H22FN3O2/c20-15-3-1-2-14(10-15)19(6-8-25-9-7-19)18(24)22-16-4-5-17-11-21-13-23(17)12-16/h1-3,10-11,13,16H,4-9,12H2,(H,22,24)/t16-/m1/s1. The second-order valence-electron chi connectivity index (χ2n) is 6.95. The first-order chi connectivity index (χ1) is 12.2. The van der Waals surface area contributed by atoms with Crippen molar-refractivity contribution >= 4 is 5.91 Å². The number of hydrogen-bond acceptors (Lipinski definition) is 3. The number of nitrogens with zero attached hydrogens (tertiary/aromatic N) is 2. The number of carbonyl (C=O) groups is 1. The number of rotatable bonds is 3. The third-order valence-corrected chi connectivity index (χ3v) is 5.46. The van der Waals surface area contributed by atoms with Gasteiger partial charge in [-0.05, 0) is 43.4 Å². The fourth-order valence-corrected chi connectivity index (χ4v) is 3.97. The summed E-state index contributed by atoms with van der Waals surface area (Å²) in [6.45, 7) is 1.76. The van der Waals surface area contributed by atoms with Crippen molar-refractivity contribution in [3.8, 4) is 0 Å². The predicted octanol–water partition coefficient (Wildman–Crippen LogP) is 2.20. The molecule has 5 nitrogen and oxygen atoms in total. The summed E-state index contributed by atoms with van der Waals surface area (Å²) in [7, 11) is 0. The maximum Gasteiger partial charge on any atom is 0.231 e. The van der Waals surface area contributed by atoms with Gasteiger partial charge in [0, 0.05) is 37.7 Å². The molecular weight excluding hydrogens is 321 g/mol. The molecule has 1 amide bonds. The summed E-state index contributed by atoms with van der Waals surface area (Å²) in [6, 6.07) is 6.49. The van der Waals surface area contributed by atoms with Crippen molar-refractivity contribution in [2.75, 3.05) is 13.2 Å². The number of aryl methyl sites for hydroxylation is 1. The normalized spacial score (nSPS) is 22.2. The Hall–Kier alpha value is -2.21. The van der Waals surface area contributed by atoms with Crippen molar-refractivity contribution in [1.29, 1.82) is 0 Å². The van der Waals surface area contributed by atoms with Gasteiger partial charge in [-0.3, -0.25) is 4.79 Å². The van der Waals surface area contributed by atoms with Crippen molar-refractivity contribution in [1.82, 2.24) is 14.9 Å². The lowest BCUT2D eigenvalue weighted by Crippen LogP contribution is -2.52. The number of nitrogens with one attached hydrogen (secondary N) is 1. The highest BCUT2D eigenvalue weighted by Gasteiger charge is 2.42. The van der Waals surface area contributed by atoms with Gasteiger partial charge in [-0.15, -0.1) is 0 Å². The Kier molecular flexibility index (Phi) is 4.29. The van der Waals surface area contributed by atoms with Gasteiger partial charge in [0.05, 0.1) is 11.7 Å². The third kappa shape index (κ3) is 3.06. The maximum absolute atomic E-state index is 13.8. The number of carbonyl (C=O) groups excluding carboxylic acids is 1. The molecule has 2 aliphatic rings. The molecule has 1 saturated heterocycles. The minimum Gasteiger partial charge on any atom is -0.381 e. The number of benzene rings is 1. The molecule has 1 aromatic heterocycles. The van der Waals surface area contributed by atoms with Gasteiger partial charge < -0.3 is 14.6 Å². The number of hydrogen-bond donors (Lipinski definition) is 1. The second kappa shape index (κ2) is 6.59. The first-order valence-corrected chi connectivity index (χ1v) is 8.81. The molecule has 25 heavy (non-hydrogen) atoms. The molecule has 2 aromatic rings. The van der Waals surface area contributed by atoms with Crippen molar-refractivity contribution in [3.05, 3.63) is 53.9 Å². The lowest BCUT2D eigenvalue weighted by atomic mass is 9.73. The van der Waals surface area contributed by atoms with Crippen LogP contribution < -0.4 is 5.32 Å². The zero-order valence-corrected chi connectivity index (χ0v) is 14.1. The largest absolute Gasteiger partial charge is 0.381 e. The van der Waals surface area contributed by atoms with Gasteiger partial charge in [-0.25, -0.2) is 9.37 Å². The summed E-state index contributed by atoms with van der Waals surface area (Å²) in [5, 5.41) is 3.21. The molecule has 2 aliphatic heterocycles. The number of halogens is 1. The van der Waals surface area contributed by atoms with E-state index in [0.29, 0.717) is 26.1 Å². The molecule has 0 spiro atoms. The van der Waals surface area contributed by atoms with Crippen molar-refractivity contribution in [2.45, 2.75) is 43.7 Å². The quantitative estimate of drug-likeness (QED) is 0.930. The van der Waals surface area contributed by atoms with E-state index >= 15 is 0 Å².